The Hall–Kier alpha value is -3.31. The Morgan fingerprint density at radius 1 is 1.26 bits per heavy atom. The number of rotatable bonds is 8. The first-order valence-corrected chi connectivity index (χ1v) is 11.7. The second kappa shape index (κ2) is 10.7. The number of benzene rings is 2. The van der Waals surface area contributed by atoms with Gasteiger partial charge in [0.1, 0.15) is 18.2 Å². The molecule has 0 saturated carbocycles. The van der Waals surface area contributed by atoms with Gasteiger partial charge in [-0.25, -0.2) is 9.97 Å². The van der Waals surface area contributed by atoms with Crippen molar-refractivity contribution in [2.75, 3.05) is 31.6 Å². The van der Waals surface area contributed by atoms with Crippen LogP contribution in [0.5, 0.6) is 5.75 Å². The lowest BCUT2D eigenvalue weighted by molar-refractivity contribution is -0.386. The molecule has 178 valence electrons. The highest BCUT2D eigenvalue weighted by molar-refractivity contribution is 9.10. The molecule has 2 aromatic carbocycles. The first-order valence-electron chi connectivity index (χ1n) is 10.9. The molecule has 0 radical (unpaired) electrons. The van der Waals surface area contributed by atoms with Crippen molar-refractivity contribution in [3.05, 3.63) is 57.3 Å². The Morgan fingerprint density at radius 3 is 2.76 bits per heavy atom. The lowest BCUT2D eigenvalue weighted by Gasteiger charge is -2.31. The largest absolute Gasteiger partial charge is 0.483 e. The van der Waals surface area contributed by atoms with Crippen LogP contribution < -0.4 is 10.1 Å². The lowest BCUT2D eigenvalue weighted by atomic mass is 10.1. The summed E-state index contributed by atoms with van der Waals surface area (Å²) in [5, 5.41) is 15.6. The number of anilines is 2. The minimum Gasteiger partial charge on any atom is -0.483 e. The third-order valence-electron chi connectivity index (χ3n) is 5.49. The highest BCUT2D eigenvalue weighted by atomic mass is 79.9. The first-order chi connectivity index (χ1) is 16.4. The van der Waals surface area contributed by atoms with Crippen molar-refractivity contribution in [2.24, 2.45) is 0 Å². The van der Waals surface area contributed by atoms with E-state index in [1.165, 1.54) is 12.4 Å². The Balaban J connectivity index is 1.53. The molecule has 0 bridgehead atoms. The summed E-state index contributed by atoms with van der Waals surface area (Å²) in [5.74, 6) is 0.387. The molecule has 11 heteroatoms. The number of ether oxygens (including phenoxy) is 2. The zero-order chi connectivity index (χ0) is 24.1. The summed E-state index contributed by atoms with van der Waals surface area (Å²) in [6, 6.07) is 10.6. The van der Waals surface area contributed by atoms with E-state index in [0.29, 0.717) is 49.3 Å². The molecule has 2 heterocycles. The zero-order valence-electron chi connectivity index (χ0n) is 18.6. The Labute approximate surface area is 204 Å². The summed E-state index contributed by atoms with van der Waals surface area (Å²) < 4.78 is 11.9. The van der Waals surface area contributed by atoms with Gasteiger partial charge in [-0.3, -0.25) is 19.8 Å². The molecule has 1 saturated heterocycles. The highest BCUT2D eigenvalue weighted by Crippen LogP contribution is 2.36. The Bertz CT molecular complexity index is 1200. The molecule has 1 aromatic heterocycles. The first kappa shape index (κ1) is 23.8. The molecule has 1 aliphatic heterocycles. The molecule has 34 heavy (non-hydrogen) atoms. The van der Waals surface area contributed by atoms with Crippen LogP contribution in [-0.4, -0.2) is 58.1 Å². The van der Waals surface area contributed by atoms with Crippen LogP contribution in [0.25, 0.3) is 10.9 Å². The van der Waals surface area contributed by atoms with Crippen LogP contribution in [0.1, 0.15) is 19.8 Å². The van der Waals surface area contributed by atoms with E-state index < -0.39 is 4.92 Å². The molecule has 0 aliphatic carbocycles. The van der Waals surface area contributed by atoms with E-state index in [0.717, 1.165) is 10.2 Å². The summed E-state index contributed by atoms with van der Waals surface area (Å²) in [4.78, 5) is 33.7. The SMILES string of the molecule is CCOC(=O)CN1CCC(Oc2cc3ncnc(Nc4cccc(Br)c4)c3cc2[N+](=O)[O-])CC1. The number of carbonyl (C=O) groups is 1. The second-order valence-corrected chi connectivity index (χ2v) is 8.77. The van der Waals surface area contributed by atoms with Crippen LogP contribution in [0.4, 0.5) is 17.2 Å². The van der Waals surface area contributed by atoms with Gasteiger partial charge in [-0.05, 0) is 38.0 Å². The van der Waals surface area contributed by atoms with Gasteiger partial charge in [-0.15, -0.1) is 0 Å². The Morgan fingerprint density at radius 2 is 2.06 bits per heavy atom. The summed E-state index contributed by atoms with van der Waals surface area (Å²) >= 11 is 3.43. The molecule has 1 aliphatic rings. The van der Waals surface area contributed by atoms with Gasteiger partial charge >= 0.3 is 11.7 Å². The fraction of sp³-hybridized carbons (Fsp3) is 0.348. The number of nitrogens with zero attached hydrogens (tertiary/aromatic N) is 4. The molecule has 10 nitrogen and oxygen atoms in total. The van der Waals surface area contributed by atoms with Gasteiger partial charge in [0.2, 0.25) is 0 Å². The molecule has 1 N–H and O–H groups in total. The van der Waals surface area contributed by atoms with Crippen LogP contribution in [0.15, 0.2) is 47.2 Å². The highest BCUT2D eigenvalue weighted by Gasteiger charge is 2.26. The van der Waals surface area contributed by atoms with Crippen molar-refractivity contribution >= 4 is 50.0 Å². The van der Waals surface area contributed by atoms with Crippen molar-refractivity contribution in [1.29, 1.82) is 0 Å². The summed E-state index contributed by atoms with van der Waals surface area (Å²) in [6.45, 7) is 3.66. The maximum absolute atomic E-state index is 11.9. The number of fused-ring (bicyclic) bond motifs is 1. The molecule has 0 atom stereocenters. The van der Waals surface area contributed by atoms with Gasteiger partial charge in [0.25, 0.3) is 0 Å². The molecule has 0 spiro atoms. The average molecular weight is 530 g/mol. The van der Waals surface area contributed by atoms with Gasteiger partial charge in [0, 0.05) is 35.4 Å². The second-order valence-electron chi connectivity index (χ2n) is 7.85. The molecule has 4 rings (SSSR count). The topological polar surface area (TPSA) is 120 Å². The van der Waals surface area contributed by atoms with E-state index in [4.69, 9.17) is 9.47 Å². The van der Waals surface area contributed by atoms with E-state index in [9.17, 15) is 14.9 Å². The monoisotopic (exact) mass is 529 g/mol. The molecule has 3 aromatic rings. The van der Waals surface area contributed by atoms with Gasteiger partial charge in [0.15, 0.2) is 5.75 Å². The number of hydrogen-bond acceptors (Lipinski definition) is 9. The van der Waals surface area contributed by atoms with Gasteiger partial charge in [0.05, 0.1) is 29.0 Å². The van der Waals surface area contributed by atoms with Crippen molar-refractivity contribution in [1.82, 2.24) is 14.9 Å². The fourth-order valence-electron chi connectivity index (χ4n) is 3.87. The van der Waals surface area contributed by atoms with Crippen LogP contribution >= 0.6 is 15.9 Å². The van der Waals surface area contributed by atoms with Crippen LogP contribution in [-0.2, 0) is 9.53 Å². The third-order valence-corrected chi connectivity index (χ3v) is 5.98. The number of likely N-dealkylation sites (tertiary alicyclic amines) is 1. The number of nitro benzene ring substituents is 1. The quantitative estimate of drug-likeness (QED) is 0.256. The maximum atomic E-state index is 11.9. The predicted molar refractivity (Wildman–Crippen MR) is 130 cm³/mol. The third kappa shape index (κ3) is 5.78. The number of aromatic nitrogens is 2. The minimum absolute atomic E-state index is 0.145. The molecular weight excluding hydrogens is 506 g/mol. The summed E-state index contributed by atoms with van der Waals surface area (Å²) in [7, 11) is 0. The molecular formula is C23H24BrN5O5. The normalized spacial score (nSPS) is 14.6. The predicted octanol–water partition coefficient (Wildman–Crippen LogP) is 4.45. The van der Waals surface area contributed by atoms with Crippen molar-refractivity contribution in [3.8, 4) is 5.75 Å². The number of piperidine rings is 1. The van der Waals surface area contributed by atoms with E-state index in [2.05, 4.69) is 31.2 Å². The number of halogens is 1. The van der Waals surface area contributed by atoms with Crippen LogP contribution in [0.2, 0.25) is 0 Å². The maximum Gasteiger partial charge on any atom is 0.320 e. The van der Waals surface area contributed by atoms with Crippen molar-refractivity contribution in [2.45, 2.75) is 25.9 Å². The Kier molecular flexibility index (Phi) is 7.53. The van der Waals surface area contributed by atoms with E-state index in [-0.39, 0.29) is 30.1 Å². The van der Waals surface area contributed by atoms with Crippen molar-refractivity contribution in [3.63, 3.8) is 0 Å². The van der Waals surface area contributed by atoms with Gasteiger partial charge in [-0.1, -0.05) is 22.0 Å². The molecule has 0 unspecified atom stereocenters. The van der Waals surface area contributed by atoms with Crippen LogP contribution in [0, 0.1) is 10.1 Å². The van der Waals surface area contributed by atoms with E-state index >= 15 is 0 Å². The number of esters is 1. The van der Waals surface area contributed by atoms with Gasteiger partial charge in [-0.2, -0.15) is 0 Å². The summed E-state index contributed by atoms with van der Waals surface area (Å²) in [5.41, 5.74) is 1.17. The number of carbonyl (C=O) groups excluding carboxylic acids is 1. The van der Waals surface area contributed by atoms with Crippen LogP contribution in [0.3, 0.4) is 0 Å². The zero-order valence-corrected chi connectivity index (χ0v) is 20.2. The number of hydrogen-bond donors (Lipinski definition) is 1. The number of nitrogens with one attached hydrogen (secondary N) is 1. The lowest BCUT2D eigenvalue weighted by Crippen LogP contribution is -2.41. The molecule has 1 fully saturated rings. The van der Waals surface area contributed by atoms with E-state index in [1.807, 2.05) is 29.2 Å². The molecule has 0 amide bonds. The smallest absolute Gasteiger partial charge is 0.320 e. The average Bonchev–Trinajstić information content (AvgIpc) is 2.80. The minimum atomic E-state index is -0.458. The summed E-state index contributed by atoms with van der Waals surface area (Å²) in [6.07, 6.45) is 2.50. The standard InChI is InChI=1S/C23H24BrN5O5/c1-2-33-22(30)13-28-8-6-17(7-9-28)34-21-12-19-18(11-20(21)29(31)32)23(26-14-25-19)27-16-5-3-4-15(24)10-16/h3-5,10-12,14,17H,2,6-9,13H2,1H3,(H,25,26,27). The fourth-order valence-corrected chi connectivity index (χ4v) is 4.27. The van der Waals surface area contributed by atoms with Gasteiger partial charge < -0.3 is 14.8 Å². The van der Waals surface area contributed by atoms with E-state index in [1.54, 1.807) is 13.0 Å². The van der Waals surface area contributed by atoms with Crippen molar-refractivity contribution < 1.29 is 19.2 Å². The number of nitro groups is 1.